The highest BCUT2D eigenvalue weighted by atomic mass is 32.1. The quantitative estimate of drug-likeness (QED) is 0.386. The van der Waals surface area contributed by atoms with Crippen LogP contribution in [0.4, 0.5) is 11.5 Å². The first-order valence-electron chi connectivity index (χ1n) is 10.9. The third-order valence-corrected chi connectivity index (χ3v) is 6.57. The van der Waals surface area contributed by atoms with Crippen LogP contribution in [0.5, 0.6) is 5.75 Å². The van der Waals surface area contributed by atoms with E-state index >= 15 is 0 Å². The van der Waals surface area contributed by atoms with Crippen molar-refractivity contribution < 1.29 is 9.47 Å². The summed E-state index contributed by atoms with van der Waals surface area (Å²) in [6, 6.07) is 10.2. The molecule has 0 saturated carbocycles. The summed E-state index contributed by atoms with van der Waals surface area (Å²) >= 11 is 1.61. The fourth-order valence-electron chi connectivity index (χ4n) is 4.13. The minimum absolute atomic E-state index is 0.108. The van der Waals surface area contributed by atoms with Gasteiger partial charge in [-0.1, -0.05) is 0 Å². The summed E-state index contributed by atoms with van der Waals surface area (Å²) < 4.78 is 15.0. The molecule has 5 aromatic rings. The molecule has 0 spiro atoms. The first-order valence-corrected chi connectivity index (χ1v) is 11.7. The van der Waals surface area contributed by atoms with Crippen LogP contribution in [-0.2, 0) is 11.8 Å². The van der Waals surface area contributed by atoms with Crippen molar-refractivity contribution in [1.29, 1.82) is 0 Å². The van der Waals surface area contributed by atoms with Crippen molar-refractivity contribution >= 4 is 44.0 Å². The Bertz CT molecular complexity index is 1440. The van der Waals surface area contributed by atoms with Gasteiger partial charge in [0.2, 0.25) is 0 Å². The van der Waals surface area contributed by atoms with Crippen molar-refractivity contribution in [1.82, 2.24) is 24.7 Å². The van der Waals surface area contributed by atoms with E-state index in [1.54, 1.807) is 22.3 Å². The summed E-state index contributed by atoms with van der Waals surface area (Å²) in [5.74, 6) is 1.42. The molecule has 166 valence electrons. The Morgan fingerprint density at radius 2 is 2.12 bits per heavy atom. The molecule has 0 unspecified atom stereocenters. The first-order chi connectivity index (χ1) is 16.2. The van der Waals surface area contributed by atoms with Crippen LogP contribution in [0.15, 0.2) is 54.6 Å². The molecule has 2 aromatic carbocycles. The van der Waals surface area contributed by atoms with Crippen LogP contribution < -0.4 is 10.1 Å². The summed E-state index contributed by atoms with van der Waals surface area (Å²) in [6.07, 6.45) is 7.59. The second-order valence-electron chi connectivity index (χ2n) is 8.10. The standard InChI is InChI=1S/C24H22N6O2S/c1-30-11-16(10-28-30)15-7-20-23(21(8-15)32-12-18-3-2-6-31-18)24(26-13-25-20)29-17-4-5-19-22(9-17)33-14-27-19/h4-5,7-11,13-14,18H,2-3,6,12H2,1H3,(H,25,26,29)/t18-/m0/s1. The Morgan fingerprint density at radius 1 is 1.15 bits per heavy atom. The predicted octanol–water partition coefficient (Wildman–Crippen LogP) is 4.94. The van der Waals surface area contributed by atoms with Gasteiger partial charge in [0, 0.05) is 31.1 Å². The summed E-state index contributed by atoms with van der Waals surface area (Å²) in [4.78, 5) is 13.5. The van der Waals surface area contributed by atoms with E-state index in [-0.39, 0.29) is 6.10 Å². The van der Waals surface area contributed by atoms with Gasteiger partial charge in [-0.3, -0.25) is 4.68 Å². The SMILES string of the molecule is Cn1cc(-c2cc(OC[C@@H]3CCCO3)c3c(Nc4ccc5ncsc5c4)ncnc3c2)cn1. The maximum atomic E-state index is 6.33. The van der Waals surface area contributed by atoms with Gasteiger partial charge in [0.05, 0.1) is 38.9 Å². The first kappa shape index (κ1) is 20.1. The molecule has 1 aliphatic rings. The molecule has 3 aromatic heterocycles. The molecule has 1 atom stereocenters. The number of anilines is 2. The average Bonchev–Trinajstić information content (AvgIpc) is 3.59. The Balaban J connectivity index is 1.43. The number of aryl methyl sites for hydroxylation is 1. The van der Waals surface area contributed by atoms with E-state index in [0.717, 1.165) is 63.1 Å². The van der Waals surface area contributed by atoms with Gasteiger partial charge >= 0.3 is 0 Å². The van der Waals surface area contributed by atoms with E-state index in [1.807, 2.05) is 49.2 Å². The number of fused-ring (bicyclic) bond motifs is 2. The molecule has 0 bridgehead atoms. The normalized spacial score (nSPS) is 16.0. The lowest BCUT2D eigenvalue weighted by molar-refractivity contribution is 0.0685. The van der Waals surface area contributed by atoms with Crippen LogP contribution in [-0.4, -0.2) is 44.1 Å². The fraction of sp³-hybridized carbons (Fsp3) is 0.250. The van der Waals surface area contributed by atoms with Crippen molar-refractivity contribution in [3.8, 4) is 16.9 Å². The number of hydrogen-bond acceptors (Lipinski definition) is 8. The molecule has 1 fully saturated rings. The van der Waals surface area contributed by atoms with Crippen LogP contribution in [0.25, 0.3) is 32.2 Å². The van der Waals surface area contributed by atoms with Gasteiger partial charge in [-0.25, -0.2) is 15.0 Å². The molecule has 1 aliphatic heterocycles. The van der Waals surface area contributed by atoms with Gasteiger partial charge in [-0.05, 0) is 48.7 Å². The highest BCUT2D eigenvalue weighted by molar-refractivity contribution is 7.16. The number of hydrogen-bond donors (Lipinski definition) is 1. The zero-order valence-electron chi connectivity index (χ0n) is 18.1. The molecule has 6 rings (SSSR count). The molecule has 1 saturated heterocycles. The van der Waals surface area contributed by atoms with Gasteiger partial charge in [-0.2, -0.15) is 5.10 Å². The summed E-state index contributed by atoms with van der Waals surface area (Å²) in [7, 11) is 1.91. The smallest absolute Gasteiger partial charge is 0.145 e. The number of aromatic nitrogens is 5. The number of ether oxygens (including phenoxy) is 2. The lowest BCUT2D eigenvalue weighted by atomic mass is 10.1. The third kappa shape index (κ3) is 4.01. The lowest BCUT2D eigenvalue weighted by Crippen LogP contribution is -2.16. The molecule has 1 N–H and O–H groups in total. The van der Waals surface area contributed by atoms with Crippen LogP contribution in [0, 0.1) is 0 Å². The van der Waals surface area contributed by atoms with Gasteiger partial charge in [0.1, 0.15) is 24.5 Å². The number of thiazole rings is 1. The summed E-state index contributed by atoms with van der Waals surface area (Å²) in [6.45, 7) is 1.28. The summed E-state index contributed by atoms with van der Waals surface area (Å²) in [5.41, 5.74) is 6.58. The molecular formula is C24H22N6O2S. The summed E-state index contributed by atoms with van der Waals surface area (Å²) in [5, 5.41) is 8.61. The van der Waals surface area contributed by atoms with E-state index < -0.39 is 0 Å². The molecule has 9 heteroatoms. The molecule has 33 heavy (non-hydrogen) atoms. The van der Waals surface area contributed by atoms with E-state index in [0.29, 0.717) is 12.4 Å². The fourth-order valence-corrected chi connectivity index (χ4v) is 4.84. The topological polar surface area (TPSA) is 87.0 Å². The number of rotatable bonds is 6. The Kier molecular flexibility index (Phi) is 5.12. The molecular weight excluding hydrogens is 436 g/mol. The molecule has 8 nitrogen and oxygen atoms in total. The Hall–Kier alpha value is -3.56. The van der Waals surface area contributed by atoms with E-state index in [9.17, 15) is 0 Å². The molecule has 0 radical (unpaired) electrons. The van der Waals surface area contributed by atoms with Crippen molar-refractivity contribution in [2.45, 2.75) is 18.9 Å². The zero-order chi connectivity index (χ0) is 22.2. The Morgan fingerprint density at radius 3 is 2.97 bits per heavy atom. The number of nitrogens with one attached hydrogen (secondary N) is 1. The van der Waals surface area contributed by atoms with E-state index in [1.165, 1.54) is 0 Å². The van der Waals surface area contributed by atoms with Crippen molar-refractivity contribution in [2.24, 2.45) is 7.05 Å². The van der Waals surface area contributed by atoms with Gasteiger partial charge < -0.3 is 14.8 Å². The second kappa shape index (κ2) is 8.42. The average molecular weight is 459 g/mol. The van der Waals surface area contributed by atoms with Gasteiger partial charge in [-0.15, -0.1) is 11.3 Å². The number of nitrogens with zero attached hydrogens (tertiary/aromatic N) is 5. The highest BCUT2D eigenvalue weighted by Gasteiger charge is 2.19. The maximum absolute atomic E-state index is 6.33. The molecule has 4 heterocycles. The lowest BCUT2D eigenvalue weighted by Gasteiger charge is -2.16. The predicted molar refractivity (Wildman–Crippen MR) is 129 cm³/mol. The highest BCUT2D eigenvalue weighted by Crippen LogP contribution is 2.37. The second-order valence-corrected chi connectivity index (χ2v) is 8.99. The van der Waals surface area contributed by atoms with E-state index in [2.05, 4.69) is 31.4 Å². The maximum Gasteiger partial charge on any atom is 0.145 e. The Labute approximate surface area is 194 Å². The minimum Gasteiger partial charge on any atom is -0.490 e. The van der Waals surface area contributed by atoms with Crippen molar-refractivity contribution in [3.05, 3.63) is 54.6 Å². The zero-order valence-corrected chi connectivity index (χ0v) is 18.9. The van der Waals surface area contributed by atoms with Crippen LogP contribution >= 0.6 is 11.3 Å². The minimum atomic E-state index is 0.108. The van der Waals surface area contributed by atoms with Crippen LogP contribution in [0.2, 0.25) is 0 Å². The van der Waals surface area contributed by atoms with Crippen molar-refractivity contribution in [3.63, 3.8) is 0 Å². The van der Waals surface area contributed by atoms with Crippen LogP contribution in [0.3, 0.4) is 0 Å². The monoisotopic (exact) mass is 458 g/mol. The largest absolute Gasteiger partial charge is 0.490 e. The van der Waals surface area contributed by atoms with Gasteiger partial charge in [0.15, 0.2) is 0 Å². The molecule has 0 aliphatic carbocycles. The van der Waals surface area contributed by atoms with Crippen molar-refractivity contribution in [2.75, 3.05) is 18.5 Å². The number of benzene rings is 2. The third-order valence-electron chi connectivity index (χ3n) is 5.78. The van der Waals surface area contributed by atoms with E-state index in [4.69, 9.17) is 9.47 Å². The van der Waals surface area contributed by atoms with Gasteiger partial charge in [0.25, 0.3) is 0 Å². The van der Waals surface area contributed by atoms with Crippen LogP contribution in [0.1, 0.15) is 12.8 Å². The molecule has 0 amide bonds.